The van der Waals surface area contributed by atoms with Crippen LogP contribution in [0.25, 0.3) is 22.5 Å². The van der Waals surface area contributed by atoms with Crippen molar-refractivity contribution in [2.75, 3.05) is 11.1 Å². The second-order valence-corrected chi connectivity index (χ2v) is 11.6. The van der Waals surface area contributed by atoms with E-state index in [4.69, 9.17) is 4.98 Å². The quantitative estimate of drug-likeness (QED) is 0.244. The third-order valence-electron chi connectivity index (χ3n) is 5.64. The molecule has 196 valence electrons. The van der Waals surface area contributed by atoms with Crippen molar-refractivity contribution in [1.82, 2.24) is 14.7 Å². The highest BCUT2D eigenvalue weighted by atomic mass is 32.2. The molecule has 1 aromatic heterocycles. The number of aryl methyl sites for hydroxylation is 2. The van der Waals surface area contributed by atoms with Crippen LogP contribution in [0.4, 0.5) is 5.69 Å². The van der Waals surface area contributed by atoms with Gasteiger partial charge in [0.1, 0.15) is 0 Å². The number of sulfonamides is 1. The fourth-order valence-electron chi connectivity index (χ4n) is 3.70. The smallest absolute Gasteiger partial charge is 0.264 e. The molecule has 8 nitrogen and oxygen atoms in total. The molecule has 3 N–H and O–H groups in total. The van der Waals surface area contributed by atoms with Gasteiger partial charge >= 0.3 is 0 Å². The van der Waals surface area contributed by atoms with Crippen LogP contribution in [0.2, 0.25) is 0 Å². The Kier molecular flexibility index (Phi) is 8.33. The molecular formula is C28H28N4O4S2. The zero-order chi connectivity index (χ0) is 27.3. The molecule has 0 saturated heterocycles. The molecule has 4 aromatic rings. The van der Waals surface area contributed by atoms with E-state index >= 15 is 0 Å². The number of benzene rings is 3. The monoisotopic (exact) mass is 548 g/mol. The highest BCUT2D eigenvalue weighted by Crippen LogP contribution is 2.33. The molecule has 3 aromatic carbocycles. The average Bonchev–Trinajstić information content (AvgIpc) is 3.28. The molecule has 0 atom stereocenters. The lowest BCUT2D eigenvalue weighted by Gasteiger charge is -2.07. The predicted molar refractivity (Wildman–Crippen MR) is 150 cm³/mol. The topological polar surface area (TPSA) is 121 Å². The van der Waals surface area contributed by atoms with Gasteiger partial charge < -0.3 is 10.3 Å². The van der Waals surface area contributed by atoms with Crippen molar-refractivity contribution in [1.29, 1.82) is 0 Å². The number of nitrogens with one attached hydrogen (secondary N) is 3. The maximum absolute atomic E-state index is 12.5. The van der Waals surface area contributed by atoms with Crippen LogP contribution in [-0.4, -0.2) is 36.0 Å². The summed E-state index contributed by atoms with van der Waals surface area (Å²) in [6.07, 6.45) is 0.233. The molecule has 2 amide bonds. The number of hydrogen-bond acceptors (Lipinski definition) is 6. The normalized spacial score (nSPS) is 11.2. The zero-order valence-electron chi connectivity index (χ0n) is 21.2. The van der Waals surface area contributed by atoms with E-state index in [0.717, 1.165) is 34.6 Å². The van der Waals surface area contributed by atoms with Crippen molar-refractivity contribution in [3.63, 3.8) is 0 Å². The number of carbonyl (C=O) groups excluding carboxylic acids is 2. The molecular weight excluding hydrogens is 520 g/mol. The van der Waals surface area contributed by atoms with Crippen molar-refractivity contribution in [2.45, 2.75) is 37.2 Å². The number of imidazole rings is 1. The number of aromatic amines is 1. The summed E-state index contributed by atoms with van der Waals surface area (Å²) in [5, 5.41) is 3.48. The number of anilines is 1. The fourth-order valence-corrected chi connectivity index (χ4v) is 5.50. The largest absolute Gasteiger partial charge is 0.332 e. The van der Waals surface area contributed by atoms with E-state index in [-0.39, 0.29) is 17.2 Å². The van der Waals surface area contributed by atoms with Crippen LogP contribution < -0.4 is 10.0 Å². The van der Waals surface area contributed by atoms with Gasteiger partial charge in [-0.05, 0) is 38.1 Å². The van der Waals surface area contributed by atoms with E-state index in [2.05, 4.69) is 58.8 Å². The summed E-state index contributed by atoms with van der Waals surface area (Å²) in [7, 11) is -3.92. The number of hydrogen-bond donors (Lipinski definition) is 3. The van der Waals surface area contributed by atoms with Gasteiger partial charge in [0.05, 0.1) is 16.3 Å². The maximum Gasteiger partial charge on any atom is 0.264 e. The van der Waals surface area contributed by atoms with E-state index in [1.54, 1.807) is 0 Å². The van der Waals surface area contributed by atoms with Gasteiger partial charge in [0, 0.05) is 35.9 Å². The summed E-state index contributed by atoms with van der Waals surface area (Å²) < 4.78 is 26.0. The number of aromatic nitrogens is 2. The van der Waals surface area contributed by atoms with Crippen molar-refractivity contribution in [3.8, 4) is 22.5 Å². The second kappa shape index (κ2) is 11.7. The third kappa shape index (κ3) is 6.90. The molecule has 0 spiro atoms. The number of rotatable bonds is 9. The molecule has 0 radical (unpaired) electrons. The first kappa shape index (κ1) is 27.2. The van der Waals surface area contributed by atoms with Crippen molar-refractivity contribution in [3.05, 3.63) is 83.9 Å². The van der Waals surface area contributed by atoms with E-state index in [0.29, 0.717) is 11.4 Å². The van der Waals surface area contributed by atoms with Gasteiger partial charge in [0.2, 0.25) is 11.8 Å². The minimum absolute atomic E-state index is 0.0622. The second-order valence-electron chi connectivity index (χ2n) is 8.83. The highest BCUT2D eigenvalue weighted by Gasteiger charge is 2.17. The molecule has 10 heteroatoms. The number of thioether (sulfide) groups is 1. The lowest BCUT2D eigenvalue weighted by atomic mass is 10.0. The van der Waals surface area contributed by atoms with Crippen LogP contribution in [0.3, 0.4) is 0 Å². The van der Waals surface area contributed by atoms with Gasteiger partial charge in [-0.15, -0.1) is 0 Å². The SMILES string of the molecule is CC(=O)NS(=O)(=O)c1ccc(NC(=O)CCSc2nc(-c3ccc(C)cc3)c(-c3ccc(C)cc3)[nH]2)cc1. The van der Waals surface area contributed by atoms with Gasteiger partial charge in [0.25, 0.3) is 10.0 Å². The molecule has 0 bridgehead atoms. The van der Waals surface area contributed by atoms with E-state index in [1.807, 2.05) is 18.6 Å². The first-order valence-corrected chi connectivity index (χ1v) is 14.4. The molecule has 0 unspecified atom stereocenters. The van der Waals surface area contributed by atoms with Crippen molar-refractivity contribution in [2.24, 2.45) is 0 Å². The van der Waals surface area contributed by atoms with Gasteiger partial charge in [0.15, 0.2) is 5.16 Å². The van der Waals surface area contributed by atoms with Crippen LogP contribution in [0.5, 0.6) is 0 Å². The zero-order valence-corrected chi connectivity index (χ0v) is 22.9. The van der Waals surface area contributed by atoms with Crippen LogP contribution in [0.15, 0.2) is 82.8 Å². The molecule has 4 rings (SSSR count). The summed E-state index contributed by atoms with van der Waals surface area (Å²) >= 11 is 1.45. The van der Waals surface area contributed by atoms with Crippen LogP contribution in [-0.2, 0) is 19.6 Å². The molecule has 38 heavy (non-hydrogen) atoms. The molecule has 0 saturated carbocycles. The third-order valence-corrected chi connectivity index (χ3v) is 7.97. The number of H-pyrrole nitrogens is 1. The maximum atomic E-state index is 12.5. The molecule has 0 aliphatic rings. The molecule has 1 heterocycles. The summed E-state index contributed by atoms with van der Waals surface area (Å²) in [5.41, 5.74) is 6.64. The van der Waals surface area contributed by atoms with Gasteiger partial charge in [-0.2, -0.15) is 0 Å². The Hall–Kier alpha value is -3.89. The highest BCUT2D eigenvalue weighted by molar-refractivity contribution is 7.99. The van der Waals surface area contributed by atoms with Gasteiger partial charge in [-0.1, -0.05) is 71.4 Å². The summed E-state index contributed by atoms with van der Waals surface area (Å²) in [6.45, 7) is 5.22. The van der Waals surface area contributed by atoms with Crippen LogP contribution in [0.1, 0.15) is 24.5 Å². The summed E-state index contributed by atoms with van der Waals surface area (Å²) in [5.74, 6) is -0.387. The van der Waals surface area contributed by atoms with E-state index in [9.17, 15) is 18.0 Å². The Morgan fingerprint density at radius 2 is 1.45 bits per heavy atom. The Balaban J connectivity index is 1.41. The minimum atomic E-state index is -3.92. The lowest BCUT2D eigenvalue weighted by molar-refractivity contribution is -0.117. The van der Waals surface area contributed by atoms with Crippen LogP contribution >= 0.6 is 11.8 Å². The van der Waals surface area contributed by atoms with Gasteiger partial charge in [-0.25, -0.2) is 18.1 Å². The average molecular weight is 549 g/mol. The molecule has 0 aliphatic carbocycles. The van der Waals surface area contributed by atoms with Gasteiger partial charge in [-0.3, -0.25) is 9.59 Å². The van der Waals surface area contributed by atoms with Crippen molar-refractivity contribution < 1.29 is 18.0 Å². The number of carbonyl (C=O) groups is 2. The minimum Gasteiger partial charge on any atom is -0.332 e. The Morgan fingerprint density at radius 3 is 2.03 bits per heavy atom. The predicted octanol–water partition coefficient (Wildman–Crippen LogP) is 5.31. The number of nitrogens with zero attached hydrogens (tertiary/aromatic N) is 1. The molecule has 0 fully saturated rings. The van der Waals surface area contributed by atoms with E-state index in [1.165, 1.54) is 47.2 Å². The first-order valence-electron chi connectivity index (χ1n) is 11.9. The fraction of sp³-hybridized carbons (Fsp3) is 0.179. The summed E-state index contributed by atoms with van der Waals surface area (Å²) in [4.78, 5) is 31.8. The summed E-state index contributed by atoms with van der Waals surface area (Å²) in [6, 6.07) is 22.1. The molecule has 0 aliphatic heterocycles. The Labute approximate surface area is 226 Å². The Bertz CT molecular complexity index is 1480. The standard InChI is InChI=1S/C28H28N4O4S2/c1-18-4-8-21(9-5-18)26-27(22-10-6-19(2)7-11-22)31-28(30-26)37-17-16-25(34)29-23-12-14-24(15-13-23)38(35,36)32-20(3)33/h4-15H,16-17H2,1-3H3,(H,29,34)(H,30,31)(H,32,33). The number of amides is 2. The van der Waals surface area contributed by atoms with Crippen molar-refractivity contribution >= 4 is 39.3 Å². The van der Waals surface area contributed by atoms with E-state index < -0.39 is 15.9 Å². The first-order chi connectivity index (χ1) is 18.1. The Morgan fingerprint density at radius 1 is 0.868 bits per heavy atom. The van der Waals surface area contributed by atoms with Crippen LogP contribution in [0, 0.1) is 13.8 Å². The lowest BCUT2D eigenvalue weighted by Crippen LogP contribution is -2.28.